The molecule has 6 nitrogen and oxygen atoms in total. The minimum atomic E-state index is -0.181. The molecule has 4 rings (SSSR count). The highest BCUT2D eigenvalue weighted by Crippen LogP contribution is 2.39. The van der Waals surface area contributed by atoms with Crippen LogP contribution in [-0.2, 0) is 11.3 Å². The molecule has 0 saturated carbocycles. The second kappa shape index (κ2) is 5.58. The van der Waals surface area contributed by atoms with Crippen LogP contribution in [-0.4, -0.2) is 39.0 Å². The van der Waals surface area contributed by atoms with E-state index in [4.69, 9.17) is 4.74 Å². The van der Waals surface area contributed by atoms with Gasteiger partial charge in [0.1, 0.15) is 18.9 Å². The number of aromatic nitrogens is 2. The zero-order chi connectivity index (χ0) is 16.0. The zero-order valence-corrected chi connectivity index (χ0v) is 14.2. The number of allylic oxidation sites excluding steroid dienone is 1. The summed E-state index contributed by atoms with van der Waals surface area (Å²) in [6.45, 7) is 3.15. The Morgan fingerprint density at radius 2 is 2.26 bits per heavy atom. The number of aliphatic hydroxyl groups is 1. The number of halogens is 1. The fourth-order valence-electron chi connectivity index (χ4n) is 3.09. The largest absolute Gasteiger partial charge is 0.496 e. The van der Waals surface area contributed by atoms with Gasteiger partial charge in [0.25, 0.3) is 0 Å². The van der Waals surface area contributed by atoms with Crippen molar-refractivity contribution in [2.75, 3.05) is 13.2 Å². The van der Waals surface area contributed by atoms with Crippen molar-refractivity contribution >= 4 is 21.8 Å². The maximum Gasteiger partial charge on any atom is 0.159 e. The number of rotatable bonds is 2. The molecule has 3 aliphatic rings. The summed E-state index contributed by atoms with van der Waals surface area (Å²) in [4.78, 5) is 15.4. The monoisotopic (exact) mass is 374 g/mol. The minimum Gasteiger partial charge on any atom is -0.496 e. The van der Waals surface area contributed by atoms with E-state index >= 15 is 0 Å². The number of nitrogens with zero attached hydrogens (tertiary/aromatic N) is 4. The smallest absolute Gasteiger partial charge is 0.159 e. The predicted molar refractivity (Wildman–Crippen MR) is 88.6 cm³/mol. The Kier molecular flexibility index (Phi) is 3.54. The molecule has 118 valence electrons. The quantitative estimate of drug-likeness (QED) is 0.858. The van der Waals surface area contributed by atoms with Gasteiger partial charge in [0.2, 0.25) is 0 Å². The lowest BCUT2D eigenvalue weighted by Crippen LogP contribution is -2.32. The number of hydrogen-bond donors (Lipinski definition) is 1. The molecular weight excluding hydrogens is 360 g/mol. The summed E-state index contributed by atoms with van der Waals surface area (Å²) < 4.78 is 6.48. The first kappa shape index (κ1) is 14.6. The van der Waals surface area contributed by atoms with E-state index in [1.807, 2.05) is 19.2 Å². The van der Waals surface area contributed by atoms with E-state index in [2.05, 4.69) is 35.8 Å². The van der Waals surface area contributed by atoms with Crippen LogP contribution in [0.1, 0.15) is 23.6 Å². The van der Waals surface area contributed by atoms with Crippen molar-refractivity contribution in [1.82, 2.24) is 14.9 Å². The Morgan fingerprint density at radius 3 is 3.09 bits per heavy atom. The van der Waals surface area contributed by atoms with Crippen molar-refractivity contribution < 1.29 is 9.84 Å². The average Bonchev–Trinajstić information content (AvgIpc) is 2.89. The Morgan fingerprint density at radius 1 is 1.39 bits per heavy atom. The summed E-state index contributed by atoms with van der Waals surface area (Å²) in [5.74, 6) is 1.21. The van der Waals surface area contributed by atoms with Crippen molar-refractivity contribution in [2.45, 2.75) is 20.0 Å². The predicted octanol–water partition coefficient (Wildman–Crippen LogP) is 2.15. The van der Waals surface area contributed by atoms with Crippen molar-refractivity contribution in [3.8, 4) is 0 Å². The molecule has 0 bridgehead atoms. The second-order valence-corrected chi connectivity index (χ2v) is 6.45. The molecular formula is C16H15BrN4O2. The van der Waals surface area contributed by atoms with E-state index < -0.39 is 0 Å². The second-order valence-electron chi connectivity index (χ2n) is 5.59. The van der Waals surface area contributed by atoms with E-state index in [0.717, 1.165) is 45.9 Å². The molecule has 0 unspecified atom stereocenters. The highest BCUT2D eigenvalue weighted by Gasteiger charge is 2.34. The van der Waals surface area contributed by atoms with Gasteiger partial charge in [-0.25, -0.2) is 15.0 Å². The van der Waals surface area contributed by atoms with Gasteiger partial charge < -0.3 is 14.7 Å². The number of amidine groups is 1. The molecule has 4 heterocycles. The molecule has 0 radical (unpaired) electrons. The number of aliphatic hydroxyl groups excluding tert-OH is 1. The van der Waals surface area contributed by atoms with Gasteiger partial charge in [0, 0.05) is 24.0 Å². The van der Waals surface area contributed by atoms with Crippen LogP contribution in [0, 0.1) is 6.92 Å². The molecule has 7 heteroatoms. The molecule has 0 saturated heterocycles. The van der Waals surface area contributed by atoms with Crippen LogP contribution >= 0.6 is 15.9 Å². The summed E-state index contributed by atoms with van der Waals surface area (Å²) in [7, 11) is 0. The van der Waals surface area contributed by atoms with Crippen LogP contribution in [0.25, 0.3) is 0 Å². The fraction of sp³-hybridized carbons (Fsp3) is 0.312. The third-order valence-corrected chi connectivity index (χ3v) is 4.66. The summed E-state index contributed by atoms with van der Waals surface area (Å²) >= 11 is 3.55. The van der Waals surface area contributed by atoms with Crippen LogP contribution in [0.3, 0.4) is 0 Å². The molecule has 0 fully saturated rings. The first-order valence-corrected chi connectivity index (χ1v) is 8.18. The molecule has 23 heavy (non-hydrogen) atoms. The maximum absolute atomic E-state index is 9.35. The highest BCUT2D eigenvalue weighted by molar-refractivity contribution is 9.12. The highest BCUT2D eigenvalue weighted by atomic mass is 79.9. The number of aryl methyl sites for hydroxylation is 1. The van der Waals surface area contributed by atoms with Gasteiger partial charge in [0.05, 0.1) is 16.4 Å². The van der Waals surface area contributed by atoms with Gasteiger partial charge >= 0.3 is 0 Å². The first-order valence-electron chi connectivity index (χ1n) is 7.38. The first-order chi connectivity index (χ1) is 11.2. The number of hydrogen-bond acceptors (Lipinski definition) is 6. The molecule has 1 aromatic rings. The van der Waals surface area contributed by atoms with E-state index in [1.54, 1.807) is 6.26 Å². The molecule has 1 aromatic heterocycles. The van der Waals surface area contributed by atoms with Gasteiger partial charge in [-0.2, -0.15) is 0 Å². The summed E-state index contributed by atoms with van der Waals surface area (Å²) in [5, 5.41) is 9.35. The Hall–Kier alpha value is -1.99. The Bertz CT molecular complexity index is 810. The lowest BCUT2D eigenvalue weighted by Gasteiger charge is -2.28. The SMILES string of the molecule is Cc1cc(C2=NC=C3C(Br)=COCC4=C3N2CC4)nc(CO)n1. The molecule has 0 aromatic carbocycles. The normalized spacial score (nSPS) is 19.6. The van der Waals surface area contributed by atoms with Gasteiger partial charge in [-0.1, -0.05) is 0 Å². The third kappa shape index (κ3) is 2.40. The minimum absolute atomic E-state index is 0.181. The van der Waals surface area contributed by atoms with Crippen molar-refractivity contribution in [3.63, 3.8) is 0 Å². The maximum atomic E-state index is 9.35. The van der Waals surface area contributed by atoms with Crippen molar-refractivity contribution in [3.05, 3.63) is 57.1 Å². The summed E-state index contributed by atoms with van der Waals surface area (Å²) in [6.07, 6.45) is 4.51. The third-order valence-electron chi connectivity index (χ3n) is 4.04. The Labute approximate surface area is 142 Å². The van der Waals surface area contributed by atoms with E-state index in [9.17, 15) is 5.11 Å². The van der Waals surface area contributed by atoms with Gasteiger partial charge in [-0.15, -0.1) is 0 Å². The Balaban J connectivity index is 1.85. The van der Waals surface area contributed by atoms with Gasteiger partial charge in [-0.05, 0) is 40.9 Å². The van der Waals surface area contributed by atoms with Crippen LogP contribution in [0.4, 0.5) is 0 Å². The number of ether oxygens (including phenoxy) is 1. The summed E-state index contributed by atoms with van der Waals surface area (Å²) in [5.41, 5.74) is 5.00. The molecule has 1 N–H and O–H groups in total. The average molecular weight is 375 g/mol. The standard InChI is InChI=1S/C16H15BrN4O2/c1-9-4-13(20-14(6-22)19-9)16-18-5-11-12(17)8-23-7-10-2-3-21(16)15(10)11/h4-5,8,22H,2-3,6-7H2,1H3. The van der Waals surface area contributed by atoms with Crippen LogP contribution in [0.5, 0.6) is 0 Å². The molecule has 0 atom stereocenters. The number of aliphatic imine (C=N–C) groups is 1. The molecule has 0 aliphatic carbocycles. The molecule has 0 amide bonds. The summed E-state index contributed by atoms with van der Waals surface area (Å²) in [6, 6.07) is 1.90. The van der Waals surface area contributed by atoms with Crippen molar-refractivity contribution in [1.29, 1.82) is 0 Å². The van der Waals surface area contributed by atoms with E-state index in [1.165, 1.54) is 5.57 Å². The lowest BCUT2D eigenvalue weighted by molar-refractivity contribution is 0.271. The van der Waals surface area contributed by atoms with Gasteiger partial charge in [-0.3, -0.25) is 0 Å². The van der Waals surface area contributed by atoms with Crippen LogP contribution in [0.15, 0.2) is 44.8 Å². The van der Waals surface area contributed by atoms with Gasteiger partial charge in [0.15, 0.2) is 11.7 Å². The van der Waals surface area contributed by atoms with E-state index in [0.29, 0.717) is 12.4 Å². The van der Waals surface area contributed by atoms with Crippen molar-refractivity contribution in [2.24, 2.45) is 4.99 Å². The van der Waals surface area contributed by atoms with E-state index in [-0.39, 0.29) is 6.61 Å². The lowest BCUT2D eigenvalue weighted by atomic mass is 10.1. The zero-order valence-electron chi connectivity index (χ0n) is 12.6. The molecule has 0 spiro atoms. The van der Waals surface area contributed by atoms with Crippen LogP contribution < -0.4 is 0 Å². The fourth-order valence-corrected chi connectivity index (χ4v) is 3.51. The topological polar surface area (TPSA) is 70.8 Å². The van der Waals surface area contributed by atoms with Crippen LogP contribution in [0.2, 0.25) is 0 Å². The molecule has 3 aliphatic heterocycles.